The number of aliphatic hydroxyl groups excluding tert-OH is 1. The summed E-state index contributed by atoms with van der Waals surface area (Å²) < 4.78 is 15.1. The molecule has 2 aliphatic heterocycles. The largest absolute Gasteiger partial charge is 0.392 e. The zero-order valence-electron chi connectivity index (χ0n) is 22.8. The smallest absolute Gasteiger partial charge is 0.261 e. The topological polar surface area (TPSA) is 93.9 Å². The van der Waals surface area contributed by atoms with Crippen LogP contribution in [0.4, 0.5) is 0 Å². The summed E-state index contributed by atoms with van der Waals surface area (Å²) in [6, 6.07) is 30.4. The van der Waals surface area contributed by atoms with Gasteiger partial charge in [0.25, 0.3) is 11.8 Å². The van der Waals surface area contributed by atoms with E-state index in [1.807, 2.05) is 73.1 Å². The quantitative estimate of drug-likeness (QED) is 0.262. The highest BCUT2D eigenvalue weighted by Gasteiger charge is 2.35. The lowest BCUT2D eigenvalue weighted by molar-refractivity contribution is -0.252. The summed E-state index contributed by atoms with van der Waals surface area (Å²) >= 11 is 0. The zero-order chi connectivity index (χ0) is 28.6. The Morgan fingerprint density at radius 3 is 2.12 bits per heavy atom. The Morgan fingerprint density at radius 2 is 1.40 bits per heavy atom. The number of imidazole rings is 1. The lowest BCUT2D eigenvalue weighted by atomic mass is 9.99. The van der Waals surface area contributed by atoms with Crippen molar-refractivity contribution in [3.8, 4) is 0 Å². The third kappa shape index (κ3) is 4.90. The van der Waals surface area contributed by atoms with E-state index in [9.17, 15) is 14.7 Å². The van der Waals surface area contributed by atoms with Gasteiger partial charge in [0.2, 0.25) is 0 Å². The number of fused-ring (bicyclic) bond motifs is 2. The van der Waals surface area contributed by atoms with Crippen LogP contribution in [-0.4, -0.2) is 37.5 Å². The fraction of sp³-hybridized carbons (Fsp3) is 0.206. The number of amides is 2. The van der Waals surface area contributed by atoms with Crippen LogP contribution in [-0.2, 0) is 29.2 Å². The predicted octanol–water partition coefficient (Wildman–Crippen LogP) is 5.57. The molecule has 0 aliphatic carbocycles. The maximum atomic E-state index is 12.8. The van der Waals surface area contributed by atoms with E-state index in [4.69, 9.17) is 9.47 Å². The summed E-state index contributed by atoms with van der Waals surface area (Å²) in [6.07, 6.45) is 1.52. The summed E-state index contributed by atoms with van der Waals surface area (Å²) in [7, 11) is 0. The van der Waals surface area contributed by atoms with Crippen molar-refractivity contribution in [1.29, 1.82) is 0 Å². The molecule has 1 N–H and O–H groups in total. The number of benzene rings is 4. The molecule has 1 saturated heterocycles. The van der Waals surface area contributed by atoms with Crippen molar-refractivity contribution < 1.29 is 24.2 Å². The molecule has 4 aromatic carbocycles. The van der Waals surface area contributed by atoms with Crippen LogP contribution in [0.25, 0.3) is 11.0 Å². The number of hydrogen-bond donors (Lipinski definition) is 1. The number of aromatic nitrogens is 2. The predicted molar refractivity (Wildman–Crippen MR) is 155 cm³/mol. The van der Waals surface area contributed by atoms with Crippen molar-refractivity contribution in [2.75, 3.05) is 0 Å². The lowest BCUT2D eigenvalue weighted by Gasteiger charge is -2.36. The Morgan fingerprint density at radius 1 is 0.762 bits per heavy atom. The van der Waals surface area contributed by atoms with Crippen LogP contribution in [0.3, 0.4) is 0 Å². The molecule has 0 unspecified atom stereocenters. The molecule has 210 valence electrons. The highest BCUT2D eigenvalue weighted by Crippen LogP contribution is 2.39. The molecule has 3 atom stereocenters. The average molecular weight is 560 g/mol. The van der Waals surface area contributed by atoms with Gasteiger partial charge in [-0.3, -0.25) is 14.5 Å². The van der Waals surface area contributed by atoms with Crippen LogP contribution >= 0.6 is 0 Å². The van der Waals surface area contributed by atoms with Crippen LogP contribution in [0, 0.1) is 0 Å². The third-order valence-electron chi connectivity index (χ3n) is 8.01. The number of imide groups is 1. The number of hydrogen-bond acceptors (Lipinski definition) is 6. The highest BCUT2D eigenvalue weighted by atomic mass is 16.7. The number of carbonyl (C=O) groups is 2. The minimum atomic E-state index is -0.616. The van der Waals surface area contributed by atoms with Crippen molar-refractivity contribution in [3.63, 3.8) is 0 Å². The van der Waals surface area contributed by atoms with Gasteiger partial charge in [0.05, 0.1) is 60.4 Å². The van der Waals surface area contributed by atoms with E-state index in [0.29, 0.717) is 24.1 Å². The molecule has 42 heavy (non-hydrogen) atoms. The van der Waals surface area contributed by atoms with Gasteiger partial charge in [-0.05, 0) is 41.0 Å². The molecule has 0 saturated carbocycles. The third-order valence-corrected chi connectivity index (χ3v) is 8.01. The molecule has 0 radical (unpaired) electrons. The SMILES string of the molecule is O=C1c2ccccc2C(=O)N1Cc1ccc([C@@H]2O[C@H](Cn3cnc4ccccc43)C[C@H](c3ccc(CO)cc3)O2)cc1. The molecule has 0 bridgehead atoms. The first-order chi connectivity index (χ1) is 20.6. The normalized spacial score (nSPS) is 20.3. The molecular formula is C34H29N3O5. The first kappa shape index (κ1) is 26.3. The second-order valence-electron chi connectivity index (χ2n) is 10.7. The van der Waals surface area contributed by atoms with Gasteiger partial charge in [0.1, 0.15) is 0 Å². The van der Waals surface area contributed by atoms with E-state index in [-0.39, 0.29) is 37.2 Å². The summed E-state index contributed by atoms with van der Waals surface area (Å²) in [6.45, 7) is 0.791. The number of nitrogens with zero attached hydrogens (tertiary/aromatic N) is 3. The molecule has 1 aromatic heterocycles. The van der Waals surface area contributed by atoms with Crippen molar-refractivity contribution in [2.24, 2.45) is 0 Å². The number of para-hydroxylation sites is 2. The van der Waals surface area contributed by atoms with E-state index >= 15 is 0 Å². The Kier molecular flexibility index (Phi) is 6.87. The Hall–Kier alpha value is -4.63. The van der Waals surface area contributed by atoms with Gasteiger partial charge in [-0.1, -0.05) is 72.8 Å². The van der Waals surface area contributed by atoms with Crippen LogP contribution in [0.2, 0.25) is 0 Å². The molecule has 2 aliphatic rings. The molecule has 5 aromatic rings. The Bertz CT molecular complexity index is 1730. The molecule has 3 heterocycles. The van der Waals surface area contributed by atoms with Gasteiger partial charge in [-0.15, -0.1) is 0 Å². The van der Waals surface area contributed by atoms with Gasteiger partial charge < -0.3 is 19.1 Å². The zero-order valence-corrected chi connectivity index (χ0v) is 22.8. The van der Waals surface area contributed by atoms with Crippen molar-refractivity contribution in [2.45, 2.75) is 44.6 Å². The lowest BCUT2D eigenvalue weighted by Crippen LogP contribution is -2.32. The van der Waals surface area contributed by atoms with Crippen LogP contribution in [0.15, 0.2) is 103 Å². The van der Waals surface area contributed by atoms with Gasteiger partial charge in [-0.25, -0.2) is 4.98 Å². The monoisotopic (exact) mass is 559 g/mol. The van der Waals surface area contributed by atoms with Crippen molar-refractivity contribution in [1.82, 2.24) is 14.5 Å². The maximum Gasteiger partial charge on any atom is 0.261 e. The van der Waals surface area contributed by atoms with Crippen LogP contribution < -0.4 is 0 Å². The second kappa shape index (κ2) is 11.0. The molecular weight excluding hydrogens is 530 g/mol. The minimum absolute atomic E-state index is 0.0130. The number of aliphatic hydroxyl groups is 1. The van der Waals surface area contributed by atoms with Crippen LogP contribution in [0.1, 0.15) is 61.8 Å². The standard InChI is InChI=1S/C34H29N3O5/c38-20-23-11-13-24(14-12-23)31-17-26(19-36-21-35-29-7-3-4-8-30(29)36)41-34(42-31)25-15-9-22(10-16-25)18-37-32(39)27-5-1-2-6-28(27)33(37)40/h1-16,21,26,31,34,38H,17-20H2/t26-,31+,34+/m0/s1. The highest BCUT2D eigenvalue weighted by molar-refractivity contribution is 6.21. The van der Waals surface area contributed by atoms with Crippen LogP contribution in [0.5, 0.6) is 0 Å². The van der Waals surface area contributed by atoms with E-state index in [1.54, 1.807) is 24.3 Å². The summed E-state index contributed by atoms with van der Waals surface area (Å²) in [4.78, 5) is 31.5. The van der Waals surface area contributed by atoms with E-state index in [0.717, 1.165) is 33.3 Å². The summed E-state index contributed by atoms with van der Waals surface area (Å²) in [5.74, 6) is -0.549. The van der Waals surface area contributed by atoms with E-state index < -0.39 is 6.29 Å². The van der Waals surface area contributed by atoms with E-state index in [1.165, 1.54) is 4.90 Å². The van der Waals surface area contributed by atoms with Crippen molar-refractivity contribution in [3.05, 3.63) is 137 Å². The molecule has 7 rings (SSSR count). The van der Waals surface area contributed by atoms with Gasteiger partial charge in [0, 0.05) is 12.0 Å². The number of ether oxygens (including phenoxy) is 2. The van der Waals surface area contributed by atoms with Crippen molar-refractivity contribution >= 4 is 22.8 Å². The molecule has 8 nitrogen and oxygen atoms in total. The van der Waals surface area contributed by atoms with E-state index in [2.05, 4.69) is 15.6 Å². The first-order valence-corrected chi connectivity index (χ1v) is 14.0. The number of rotatable bonds is 7. The Labute approximate surface area is 242 Å². The first-order valence-electron chi connectivity index (χ1n) is 14.0. The maximum absolute atomic E-state index is 12.8. The Balaban J connectivity index is 1.12. The fourth-order valence-corrected chi connectivity index (χ4v) is 5.75. The molecule has 2 amide bonds. The summed E-state index contributed by atoms with van der Waals surface area (Å²) in [5, 5.41) is 9.49. The second-order valence-corrected chi connectivity index (χ2v) is 10.7. The molecule has 0 spiro atoms. The minimum Gasteiger partial charge on any atom is -0.392 e. The van der Waals surface area contributed by atoms with Gasteiger partial charge in [-0.2, -0.15) is 0 Å². The summed E-state index contributed by atoms with van der Waals surface area (Å²) in [5.41, 5.74) is 6.41. The van der Waals surface area contributed by atoms with Gasteiger partial charge >= 0.3 is 0 Å². The fourth-order valence-electron chi connectivity index (χ4n) is 5.75. The van der Waals surface area contributed by atoms with Gasteiger partial charge in [0.15, 0.2) is 6.29 Å². The average Bonchev–Trinajstić information content (AvgIpc) is 3.55. The number of carbonyl (C=O) groups excluding carboxylic acids is 2. The molecule has 8 heteroatoms. The molecule has 1 fully saturated rings.